The van der Waals surface area contributed by atoms with E-state index in [9.17, 15) is 4.79 Å². The molecule has 0 saturated heterocycles. The second-order valence-electron chi connectivity index (χ2n) is 2.37. The van der Waals surface area contributed by atoms with Crippen molar-refractivity contribution in [1.82, 2.24) is 0 Å². The smallest absolute Gasteiger partial charge is 0.330 e. The Labute approximate surface area is 75.5 Å². The molecule has 0 aliphatic carbocycles. The van der Waals surface area contributed by atoms with Crippen LogP contribution in [0.1, 0.15) is 11.1 Å². The minimum atomic E-state index is -0.319. The summed E-state index contributed by atoms with van der Waals surface area (Å²) >= 11 is 1.62. The number of rotatable bonds is 2. The maximum atomic E-state index is 10.7. The van der Waals surface area contributed by atoms with Gasteiger partial charge in [-0.1, -0.05) is 0 Å². The van der Waals surface area contributed by atoms with Gasteiger partial charge < -0.3 is 4.74 Å². The number of hydrogen-bond acceptors (Lipinski definition) is 3. The molecular formula is C9H10O2S. The minimum Gasteiger partial charge on any atom is -0.466 e. The molecule has 0 aromatic carbocycles. The van der Waals surface area contributed by atoms with Crippen molar-refractivity contribution in [3.05, 3.63) is 28.0 Å². The molecule has 1 aromatic heterocycles. The molecular weight excluding hydrogens is 172 g/mol. The lowest BCUT2D eigenvalue weighted by Crippen LogP contribution is -1.93. The van der Waals surface area contributed by atoms with Gasteiger partial charge in [0.15, 0.2) is 0 Å². The summed E-state index contributed by atoms with van der Waals surface area (Å²) in [6, 6.07) is 0. The van der Waals surface area contributed by atoms with Crippen molar-refractivity contribution in [2.24, 2.45) is 0 Å². The molecule has 64 valence electrons. The first-order valence-corrected chi connectivity index (χ1v) is 4.47. The van der Waals surface area contributed by atoms with E-state index in [0.717, 1.165) is 5.56 Å². The summed E-state index contributed by atoms with van der Waals surface area (Å²) < 4.78 is 4.47. The van der Waals surface area contributed by atoms with Gasteiger partial charge in [0.25, 0.3) is 0 Å². The highest BCUT2D eigenvalue weighted by Crippen LogP contribution is 2.14. The number of esters is 1. The van der Waals surface area contributed by atoms with Crippen molar-refractivity contribution in [3.8, 4) is 0 Å². The number of carbonyl (C=O) groups excluding carboxylic acids is 1. The number of ether oxygens (including phenoxy) is 1. The first-order valence-electron chi connectivity index (χ1n) is 3.53. The highest BCUT2D eigenvalue weighted by atomic mass is 32.1. The van der Waals surface area contributed by atoms with Crippen LogP contribution in [0.15, 0.2) is 16.8 Å². The van der Waals surface area contributed by atoms with Crippen molar-refractivity contribution >= 4 is 23.4 Å². The summed E-state index contributed by atoms with van der Waals surface area (Å²) in [5, 5.41) is 4.03. The summed E-state index contributed by atoms with van der Waals surface area (Å²) in [6.45, 7) is 2.01. The molecule has 0 radical (unpaired) electrons. The predicted molar refractivity (Wildman–Crippen MR) is 50.1 cm³/mol. The van der Waals surface area contributed by atoms with Gasteiger partial charge >= 0.3 is 5.97 Å². The molecule has 0 aliphatic heterocycles. The molecule has 12 heavy (non-hydrogen) atoms. The van der Waals surface area contributed by atoms with Gasteiger partial charge in [-0.15, -0.1) is 0 Å². The summed E-state index contributed by atoms with van der Waals surface area (Å²) in [7, 11) is 1.37. The number of thiophene rings is 1. The molecule has 0 N–H and O–H groups in total. The van der Waals surface area contributed by atoms with Gasteiger partial charge in [0.2, 0.25) is 0 Å². The molecule has 2 nitrogen and oxygen atoms in total. The van der Waals surface area contributed by atoms with Crippen molar-refractivity contribution in [2.45, 2.75) is 6.92 Å². The van der Waals surface area contributed by atoms with E-state index in [4.69, 9.17) is 0 Å². The monoisotopic (exact) mass is 182 g/mol. The molecule has 0 saturated carbocycles. The van der Waals surface area contributed by atoms with Crippen molar-refractivity contribution in [2.75, 3.05) is 7.11 Å². The van der Waals surface area contributed by atoms with E-state index in [1.807, 2.05) is 17.7 Å². The third-order valence-electron chi connectivity index (χ3n) is 1.50. The van der Waals surface area contributed by atoms with Crippen LogP contribution in [0.2, 0.25) is 0 Å². The van der Waals surface area contributed by atoms with Crippen LogP contribution < -0.4 is 0 Å². The predicted octanol–water partition coefficient (Wildman–Crippen LogP) is 2.24. The Kier molecular flexibility index (Phi) is 3.05. The van der Waals surface area contributed by atoms with Crippen LogP contribution >= 0.6 is 11.3 Å². The van der Waals surface area contributed by atoms with E-state index >= 15 is 0 Å². The second kappa shape index (κ2) is 4.07. The molecule has 0 unspecified atom stereocenters. The molecule has 1 heterocycles. The zero-order valence-electron chi connectivity index (χ0n) is 7.03. The summed E-state index contributed by atoms with van der Waals surface area (Å²) in [5.41, 5.74) is 2.26. The topological polar surface area (TPSA) is 26.3 Å². The van der Waals surface area contributed by atoms with Crippen LogP contribution in [0.4, 0.5) is 0 Å². The van der Waals surface area contributed by atoms with Gasteiger partial charge in [-0.05, 0) is 34.9 Å². The van der Waals surface area contributed by atoms with Gasteiger partial charge in [-0.3, -0.25) is 0 Å². The zero-order valence-corrected chi connectivity index (χ0v) is 7.85. The lowest BCUT2D eigenvalue weighted by molar-refractivity contribution is -0.134. The summed E-state index contributed by atoms with van der Waals surface area (Å²) in [6.07, 6.45) is 3.19. The van der Waals surface area contributed by atoms with Crippen LogP contribution in [0.5, 0.6) is 0 Å². The van der Waals surface area contributed by atoms with Crippen LogP contribution in [-0.4, -0.2) is 13.1 Å². The van der Waals surface area contributed by atoms with Gasteiger partial charge in [-0.2, -0.15) is 11.3 Å². The van der Waals surface area contributed by atoms with E-state index in [-0.39, 0.29) is 5.97 Å². The van der Waals surface area contributed by atoms with Crippen molar-refractivity contribution in [1.29, 1.82) is 0 Å². The molecule has 0 atom stereocenters. The molecule has 1 aromatic rings. The van der Waals surface area contributed by atoms with E-state index in [2.05, 4.69) is 4.74 Å². The summed E-state index contributed by atoms with van der Waals surface area (Å²) in [5.74, 6) is -0.319. The Balaban J connectivity index is 2.69. The lowest BCUT2D eigenvalue weighted by atomic mass is 10.2. The average Bonchev–Trinajstić information content (AvgIpc) is 2.47. The highest BCUT2D eigenvalue weighted by Gasteiger charge is 1.95. The van der Waals surface area contributed by atoms with Gasteiger partial charge in [0.05, 0.1) is 7.11 Å². The second-order valence-corrected chi connectivity index (χ2v) is 3.11. The fraction of sp³-hybridized carbons (Fsp3) is 0.222. The fourth-order valence-electron chi connectivity index (χ4n) is 0.767. The van der Waals surface area contributed by atoms with E-state index in [1.54, 1.807) is 17.4 Å². The average molecular weight is 182 g/mol. The van der Waals surface area contributed by atoms with E-state index < -0.39 is 0 Å². The van der Waals surface area contributed by atoms with Crippen LogP contribution in [0, 0.1) is 6.92 Å². The maximum Gasteiger partial charge on any atom is 0.330 e. The Morgan fingerprint density at radius 1 is 1.58 bits per heavy atom. The number of carbonyl (C=O) groups is 1. The number of aryl methyl sites for hydroxylation is 1. The highest BCUT2D eigenvalue weighted by molar-refractivity contribution is 7.08. The van der Waals surface area contributed by atoms with E-state index in [0.29, 0.717) is 0 Å². The Hall–Kier alpha value is -1.09. The fourth-order valence-corrected chi connectivity index (χ4v) is 1.59. The third kappa shape index (κ3) is 2.20. The standard InChI is InChI=1S/C9H10O2S/c1-7-5-12-6-8(7)3-4-9(10)11-2/h3-6H,1-2H3. The molecule has 0 fully saturated rings. The van der Waals surface area contributed by atoms with Gasteiger partial charge in [0.1, 0.15) is 0 Å². The molecule has 1 rings (SSSR count). The van der Waals surface area contributed by atoms with Gasteiger partial charge in [0, 0.05) is 6.08 Å². The van der Waals surface area contributed by atoms with Crippen LogP contribution in [0.25, 0.3) is 6.08 Å². The van der Waals surface area contributed by atoms with Crippen LogP contribution in [0.3, 0.4) is 0 Å². The molecule has 0 amide bonds. The zero-order chi connectivity index (χ0) is 8.97. The van der Waals surface area contributed by atoms with Crippen LogP contribution in [-0.2, 0) is 9.53 Å². The Morgan fingerprint density at radius 3 is 2.83 bits per heavy atom. The maximum absolute atomic E-state index is 10.7. The molecule has 0 aliphatic rings. The van der Waals surface area contributed by atoms with Crippen molar-refractivity contribution < 1.29 is 9.53 Å². The largest absolute Gasteiger partial charge is 0.466 e. The quantitative estimate of drug-likeness (QED) is 0.518. The molecule has 0 spiro atoms. The Morgan fingerprint density at radius 2 is 2.33 bits per heavy atom. The molecule has 3 heteroatoms. The third-order valence-corrected chi connectivity index (χ3v) is 2.37. The van der Waals surface area contributed by atoms with Gasteiger partial charge in [-0.25, -0.2) is 4.79 Å². The first-order chi connectivity index (χ1) is 5.74. The lowest BCUT2D eigenvalue weighted by Gasteiger charge is -1.90. The first kappa shape index (κ1) is 9.00. The van der Waals surface area contributed by atoms with E-state index in [1.165, 1.54) is 18.7 Å². The normalized spacial score (nSPS) is 10.5. The number of methoxy groups -OCH3 is 1. The number of hydrogen-bond donors (Lipinski definition) is 0. The minimum absolute atomic E-state index is 0.319. The molecule has 0 bridgehead atoms. The SMILES string of the molecule is COC(=O)C=Cc1cscc1C. The Bertz CT molecular complexity index is 299. The summed E-state index contributed by atoms with van der Waals surface area (Å²) in [4.78, 5) is 10.7. The van der Waals surface area contributed by atoms with Crippen molar-refractivity contribution in [3.63, 3.8) is 0 Å².